The predicted octanol–water partition coefficient (Wildman–Crippen LogP) is 3.25. The van der Waals surface area contributed by atoms with Crippen LogP contribution in [0.2, 0.25) is 0 Å². The standard InChI is InChI=1S/C17H25N5.HI/c1-13(2)8-10-19-17(18)20-12-15-6-4-5-7-16(15)22-11-9-14(3)21-22;/h4-7,9,11,13H,8,10,12H2,1-3H3,(H3,18,19,20);1H. The highest BCUT2D eigenvalue weighted by Crippen LogP contribution is 2.15. The first kappa shape index (κ1) is 19.5. The summed E-state index contributed by atoms with van der Waals surface area (Å²) in [6.07, 6.45) is 3.04. The first-order valence-corrected chi connectivity index (χ1v) is 7.70. The van der Waals surface area contributed by atoms with Gasteiger partial charge in [-0.25, -0.2) is 9.67 Å². The zero-order valence-corrected chi connectivity index (χ0v) is 16.3. The number of benzene rings is 1. The van der Waals surface area contributed by atoms with Crippen LogP contribution in [0.25, 0.3) is 5.69 Å². The lowest BCUT2D eigenvalue weighted by atomic mass is 10.1. The van der Waals surface area contributed by atoms with Crippen molar-refractivity contribution in [3.05, 3.63) is 47.8 Å². The highest BCUT2D eigenvalue weighted by Gasteiger charge is 2.05. The number of aromatic nitrogens is 2. The molecule has 0 aliphatic rings. The van der Waals surface area contributed by atoms with E-state index < -0.39 is 0 Å². The minimum absolute atomic E-state index is 0. The number of aryl methyl sites for hydroxylation is 1. The van der Waals surface area contributed by atoms with Crippen molar-refractivity contribution in [2.24, 2.45) is 16.6 Å². The van der Waals surface area contributed by atoms with E-state index in [0.717, 1.165) is 29.9 Å². The zero-order chi connectivity index (χ0) is 15.9. The van der Waals surface area contributed by atoms with Crippen LogP contribution in [0.5, 0.6) is 0 Å². The molecule has 5 nitrogen and oxygen atoms in total. The molecule has 126 valence electrons. The Morgan fingerprint density at radius 3 is 2.70 bits per heavy atom. The summed E-state index contributed by atoms with van der Waals surface area (Å²) in [5.41, 5.74) is 9.04. The van der Waals surface area contributed by atoms with Crippen molar-refractivity contribution >= 4 is 29.9 Å². The molecule has 0 unspecified atom stereocenters. The fourth-order valence-corrected chi connectivity index (χ4v) is 2.13. The number of nitrogens with one attached hydrogen (secondary N) is 1. The number of aliphatic imine (C=N–C) groups is 1. The lowest BCUT2D eigenvalue weighted by Gasteiger charge is -2.09. The normalized spacial score (nSPS) is 11.4. The quantitative estimate of drug-likeness (QED) is 0.423. The largest absolute Gasteiger partial charge is 0.370 e. The first-order valence-electron chi connectivity index (χ1n) is 7.70. The molecule has 0 radical (unpaired) electrons. The molecule has 6 heteroatoms. The number of hydrogen-bond acceptors (Lipinski definition) is 2. The summed E-state index contributed by atoms with van der Waals surface area (Å²) in [6, 6.07) is 10.1. The van der Waals surface area contributed by atoms with Gasteiger partial charge < -0.3 is 11.1 Å². The van der Waals surface area contributed by atoms with Gasteiger partial charge in [0, 0.05) is 12.7 Å². The fourth-order valence-electron chi connectivity index (χ4n) is 2.13. The second kappa shape index (κ2) is 9.54. The Morgan fingerprint density at radius 1 is 1.30 bits per heavy atom. The van der Waals surface area contributed by atoms with Gasteiger partial charge in [0.25, 0.3) is 0 Å². The van der Waals surface area contributed by atoms with Gasteiger partial charge in [-0.15, -0.1) is 24.0 Å². The van der Waals surface area contributed by atoms with E-state index >= 15 is 0 Å². The summed E-state index contributed by atoms with van der Waals surface area (Å²) in [5.74, 6) is 1.15. The highest BCUT2D eigenvalue weighted by molar-refractivity contribution is 14.0. The molecule has 0 atom stereocenters. The van der Waals surface area contributed by atoms with Gasteiger partial charge in [-0.1, -0.05) is 32.0 Å². The molecule has 0 bridgehead atoms. The van der Waals surface area contributed by atoms with E-state index in [9.17, 15) is 0 Å². The van der Waals surface area contributed by atoms with Gasteiger partial charge in [-0.05, 0) is 37.0 Å². The zero-order valence-electron chi connectivity index (χ0n) is 14.0. The molecule has 1 aromatic carbocycles. The lowest BCUT2D eigenvalue weighted by molar-refractivity contribution is 0.576. The minimum Gasteiger partial charge on any atom is -0.370 e. The van der Waals surface area contributed by atoms with Crippen LogP contribution < -0.4 is 11.1 Å². The summed E-state index contributed by atoms with van der Waals surface area (Å²) in [5, 5.41) is 7.61. The van der Waals surface area contributed by atoms with Crippen LogP contribution >= 0.6 is 24.0 Å². The van der Waals surface area contributed by atoms with Crippen LogP contribution in [0.3, 0.4) is 0 Å². The van der Waals surface area contributed by atoms with E-state index in [-0.39, 0.29) is 24.0 Å². The third kappa shape index (κ3) is 6.21. The fraction of sp³-hybridized carbons (Fsp3) is 0.412. The second-order valence-electron chi connectivity index (χ2n) is 5.84. The van der Waals surface area contributed by atoms with Gasteiger partial charge >= 0.3 is 0 Å². The van der Waals surface area contributed by atoms with Crippen molar-refractivity contribution in [2.75, 3.05) is 6.54 Å². The Balaban J connectivity index is 0.00000264. The number of nitrogens with zero attached hydrogens (tertiary/aromatic N) is 3. The van der Waals surface area contributed by atoms with Crippen LogP contribution in [-0.4, -0.2) is 22.3 Å². The van der Waals surface area contributed by atoms with Crippen LogP contribution in [0.1, 0.15) is 31.5 Å². The molecule has 0 amide bonds. The number of hydrogen-bond donors (Lipinski definition) is 2. The summed E-state index contributed by atoms with van der Waals surface area (Å²) in [7, 11) is 0. The van der Waals surface area contributed by atoms with Gasteiger partial charge in [0.2, 0.25) is 0 Å². The molecule has 0 spiro atoms. The maximum atomic E-state index is 5.92. The smallest absolute Gasteiger partial charge is 0.188 e. The molecular formula is C17H26IN5. The number of halogens is 1. The van der Waals surface area contributed by atoms with E-state index in [1.807, 2.05) is 42.1 Å². The van der Waals surface area contributed by atoms with Crippen molar-refractivity contribution in [3.63, 3.8) is 0 Å². The van der Waals surface area contributed by atoms with Crippen LogP contribution in [0.15, 0.2) is 41.5 Å². The molecule has 2 rings (SSSR count). The Bertz CT molecular complexity index is 633. The van der Waals surface area contributed by atoms with E-state index in [1.54, 1.807) is 0 Å². The van der Waals surface area contributed by atoms with Gasteiger partial charge in [-0.2, -0.15) is 5.10 Å². The molecule has 23 heavy (non-hydrogen) atoms. The predicted molar refractivity (Wildman–Crippen MR) is 107 cm³/mol. The average molecular weight is 427 g/mol. The Labute approximate surface area is 155 Å². The molecule has 2 aromatic rings. The SMILES string of the molecule is Cc1ccn(-c2ccccc2CN=C(N)NCCC(C)C)n1.I. The van der Waals surface area contributed by atoms with Crippen LogP contribution in [-0.2, 0) is 6.54 Å². The topological polar surface area (TPSA) is 68.2 Å². The van der Waals surface area contributed by atoms with Crippen molar-refractivity contribution in [2.45, 2.75) is 33.7 Å². The number of rotatable bonds is 6. The Morgan fingerprint density at radius 2 is 2.04 bits per heavy atom. The van der Waals surface area contributed by atoms with E-state index in [1.165, 1.54) is 0 Å². The molecule has 1 aromatic heterocycles. The minimum atomic E-state index is 0. The molecule has 3 N–H and O–H groups in total. The monoisotopic (exact) mass is 427 g/mol. The molecule has 0 fully saturated rings. The molecule has 0 aliphatic heterocycles. The average Bonchev–Trinajstić information content (AvgIpc) is 2.91. The lowest BCUT2D eigenvalue weighted by Crippen LogP contribution is -2.32. The third-order valence-electron chi connectivity index (χ3n) is 3.41. The van der Waals surface area contributed by atoms with Crippen molar-refractivity contribution < 1.29 is 0 Å². The van der Waals surface area contributed by atoms with Gasteiger partial charge in [-0.3, -0.25) is 0 Å². The summed E-state index contributed by atoms with van der Waals surface area (Å²) >= 11 is 0. The van der Waals surface area contributed by atoms with Crippen molar-refractivity contribution in [1.29, 1.82) is 0 Å². The number of guanidine groups is 1. The van der Waals surface area contributed by atoms with E-state index in [0.29, 0.717) is 18.4 Å². The number of nitrogens with two attached hydrogens (primary N) is 1. The molecule has 0 saturated heterocycles. The summed E-state index contributed by atoms with van der Waals surface area (Å²) < 4.78 is 1.88. The van der Waals surface area contributed by atoms with Gasteiger partial charge in [0.05, 0.1) is 17.9 Å². The Kier molecular flexibility index (Phi) is 8.08. The maximum Gasteiger partial charge on any atom is 0.188 e. The summed E-state index contributed by atoms with van der Waals surface area (Å²) in [6.45, 7) is 7.76. The molecular weight excluding hydrogens is 401 g/mol. The molecule has 0 saturated carbocycles. The van der Waals surface area contributed by atoms with E-state index in [4.69, 9.17) is 5.73 Å². The number of para-hydroxylation sites is 1. The maximum absolute atomic E-state index is 5.92. The summed E-state index contributed by atoms with van der Waals surface area (Å²) in [4.78, 5) is 4.43. The van der Waals surface area contributed by atoms with Crippen LogP contribution in [0, 0.1) is 12.8 Å². The third-order valence-corrected chi connectivity index (χ3v) is 3.41. The van der Waals surface area contributed by atoms with Crippen molar-refractivity contribution in [1.82, 2.24) is 15.1 Å². The van der Waals surface area contributed by atoms with Crippen LogP contribution in [0.4, 0.5) is 0 Å². The molecule has 1 heterocycles. The van der Waals surface area contributed by atoms with Crippen molar-refractivity contribution in [3.8, 4) is 5.69 Å². The second-order valence-corrected chi connectivity index (χ2v) is 5.84. The van der Waals surface area contributed by atoms with E-state index in [2.05, 4.69) is 35.3 Å². The van der Waals surface area contributed by atoms with Gasteiger partial charge in [0.15, 0.2) is 5.96 Å². The molecule has 0 aliphatic carbocycles. The van der Waals surface area contributed by atoms with Gasteiger partial charge in [0.1, 0.15) is 0 Å². The highest BCUT2D eigenvalue weighted by atomic mass is 127. The Hall–Kier alpha value is -1.57. The first-order chi connectivity index (χ1) is 10.6.